The number of aromatic amines is 1. The Balaban J connectivity index is 1.94. The van der Waals surface area contributed by atoms with E-state index in [9.17, 15) is 5.11 Å². The van der Waals surface area contributed by atoms with Crippen molar-refractivity contribution < 1.29 is 5.11 Å². The van der Waals surface area contributed by atoms with Crippen molar-refractivity contribution >= 4 is 0 Å². The number of aliphatic hydroxyl groups is 1. The monoisotopic (exact) mass is 287 g/mol. The molecule has 0 aromatic carbocycles. The molecule has 112 valence electrons. The third kappa shape index (κ3) is 2.96. The minimum atomic E-state index is 0.173. The molecular weight excluding hydrogens is 266 g/mol. The number of β-amino-alcohol motifs (C(OH)–C–C–N with tert-alkyl or cyclic N) is 1. The maximum atomic E-state index is 9.18. The van der Waals surface area contributed by atoms with Crippen LogP contribution in [0.15, 0.2) is 12.3 Å². The Morgan fingerprint density at radius 1 is 1.38 bits per heavy atom. The van der Waals surface area contributed by atoms with Gasteiger partial charge in [0, 0.05) is 24.1 Å². The molecule has 2 N–H and O–H groups in total. The van der Waals surface area contributed by atoms with E-state index in [1.54, 1.807) is 6.20 Å². The van der Waals surface area contributed by atoms with Crippen LogP contribution in [0.2, 0.25) is 0 Å². The highest BCUT2D eigenvalue weighted by Gasteiger charge is 2.28. The lowest BCUT2D eigenvalue weighted by Gasteiger charge is -2.22. The maximum absolute atomic E-state index is 9.18. The summed E-state index contributed by atoms with van der Waals surface area (Å²) in [6.45, 7) is 5.81. The molecule has 0 saturated carbocycles. The minimum Gasteiger partial charge on any atom is -0.395 e. The SMILES string of the molecule is Cc1cc(-c2ncc(C)[nH]2)nc(C2CCCN2CCO)n1. The zero-order valence-corrected chi connectivity index (χ0v) is 12.5. The first-order chi connectivity index (χ1) is 10.2. The van der Waals surface area contributed by atoms with Gasteiger partial charge < -0.3 is 10.1 Å². The van der Waals surface area contributed by atoms with Gasteiger partial charge in [-0.2, -0.15) is 0 Å². The Morgan fingerprint density at radius 3 is 2.95 bits per heavy atom. The lowest BCUT2D eigenvalue weighted by molar-refractivity contribution is 0.181. The van der Waals surface area contributed by atoms with Crippen LogP contribution in [0.4, 0.5) is 0 Å². The second kappa shape index (κ2) is 5.91. The van der Waals surface area contributed by atoms with E-state index < -0.39 is 0 Å². The molecule has 2 aromatic heterocycles. The van der Waals surface area contributed by atoms with Gasteiger partial charge in [-0.15, -0.1) is 0 Å². The van der Waals surface area contributed by atoms with Gasteiger partial charge in [0.15, 0.2) is 5.82 Å². The lowest BCUT2D eigenvalue weighted by Crippen LogP contribution is -2.27. The van der Waals surface area contributed by atoms with Crippen molar-refractivity contribution in [2.24, 2.45) is 0 Å². The fourth-order valence-electron chi connectivity index (χ4n) is 2.92. The Morgan fingerprint density at radius 2 is 2.24 bits per heavy atom. The molecule has 0 amide bonds. The lowest BCUT2D eigenvalue weighted by atomic mass is 10.2. The van der Waals surface area contributed by atoms with Gasteiger partial charge in [0.2, 0.25) is 0 Å². The van der Waals surface area contributed by atoms with Gasteiger partial charge >= 0.3 is 0 Å². The average Bonchev–Trinajstić information content (AvgIpc) is 3.07. The van der Waals surface area contributed by atoms with Crippen molar-refractivity contribution in [1.29, 1.82) is 0 Å². The van der Waals surface area contributed by atoms with E-state index in [4.69, 9.17) is 4.98 Å². The number of H-pyrrole nitrogens is 1. The molecular formula is C15H21N5O. The van der Waals surface area contributed by atoms with Crippen LogP contribution >= 0.6 is 0 Å². The average molecular weight is 287 g/mol. The number of nitrogens with one attached hydrogen (secondary N) is 1. The topological polar surface area (TPSA) is 77.9 Å². The number of likely N-dealkylation sites (tertiary alicyclic amines) is 1. The fraction of sp³-hybridized carbons (Fsp3) is 0.533. The van der Waals surface area contributed by atoms with E-state index in [1.165, 1.54) is 0 Å². The smallest absolute Gasteiger partial charge is 0.156 e. The standard InChI is InChI=1S/C15H21N5O/c1-10-8-12(14-16-9-11(2)18-14)19-15(17-10)13-4-3-5-20(13)6-7-21/h8-9,13,21H,3-7H2,1-2H3,(H,16,18). The molecule has 6 nitrogen and oxygen atoms in total. The summed E-state index contributed by atoms with van der Waals surface area (Å²) in [6, 6.07) is 2.15. The number of aliphatic hydroxyl groups excluding tert-OH is 1. The van der Waals surface area contributed by atoms with Gasteiger partial charge in [-0.25, -0.2) is 15.0 Å². The van der Waals surface area contributed by atoms with Crippen LogP contribution < -0.4 is 0 Å². The molecule has 0 spiro atoms. The maximum Gasteiger partial charge on any atom is 0.156 e. The number of imidazole rings is 1. The largest absolute Gasteiger partial charge is 0.395 e. The first-order valence-corrected chi connectivity index (χ1v) is 7.40. The molecule has 1 unspecified atom stereocenters. The highest BCUT2D eigenvalue weighted by molar-refractivity contribution is 5.50. The number of hydrogen-bond donors (Lipinski definition) is 2. The Kier molecular flexibility index (Phi) is 3.98. The van der Waals surface area contributed by atoms with Crippen molar-refractivity contribution in [1.82, 2.24) is 24.8 Å². The Labute approximate surface area is 124 Å². The van der Waals surface area contributed by atoms with Crippen molar-refractivity contribution in [3.8, 4) is 11.5 Å². The molecule has 1 saturated heterocycles. The van der Waals surface area contributed by atoms with Crippen LogP contribution in [0.3, 0.4) is 0 Å². The number of nitrogens with zero attached hydrogens (tertiary/aromatic N) is 4. The molecule has 1 fully saturated rings. The summed E-state index contributed by atoms with van der Waals surface area (Å²) in [6.07, 6.45) is 3.97. The van der Waals surface area contributed by atoms with Gasteiger partial charge in [0.25, 0.3) is 0 Å². The predicted octanol–water partition coefficient (Wildman–Crippen LogP) is 1.61. The zero-order chi connectivity index (χ0) is 14.8. The molecule has 1 aliphatic heterocycles. The van der Waals surface area contributed by atoms with E-state index in [0.29, 0.717) is 6.54 Å². The van der Waals surface area contributed by atoms with Gasteiger partial charge in [0.05, 0.1) is 12.6 Å². The van der Waals surface area contributed by atoms with Gasteiger partial charge in [-0.05, 0) is 39.3 Å². The number of aryl methyl sites for hydroxylation is 2. The quantitative estimate of drug-likeness (QED) is 0.893. The summed E-state index contributed by atoms with van der Waals surface area (Å²) in [4.78, 5) is 19.1. The number of hydrogen-bond acceptors (Lipinski definition) is 5. The molecule has 3 heterocycles. The molecule has 1 atom stereocenters. The molecule has 6 heteroatoms. The summed E-state index contributed by atoms with van der Waals surface area (Å²) in [7, 11) is 0. The summed E-state index contributed by atoms with van der Waals surface area (Å²) < 4.78 is 0. The minimum absolute atomic E-state index is 0.173. The summed E-state index contributed by atoms with van der Waals surface area (Å²) in [5.41, 5.74) is 2.80. The van der Waals surface area contributed by atoms with Crippen molar-refractivity contribution in [3.63, 3.8) is 0 Å². The predicted molar refractivity (Wildman–Crippen MR) is 79.7 cm³/mol. The molecule has 2 aromatic rings. The van der Waals surface area contributed by atoms with Gasteiger partial charge in [-0.1, -0.05) is 0 Å². The summed E-state index contributed by atoms with van der Waals surface area (Å²) in [5, 5.41) is 9.18. The van der Waals surface area contributed by atoms with Crippen LogP contribution in [-0.2, 0) is 0 Å². The molecule has 3 rings (SSSR count). The highest BCUT2D eigenvalue weighted by atomic mass is 16.3. The van der Waals surface area contributed by atoms with Crippen LogP contribution in [0.25, 0.3) is 11.5 Å². The number of aromatic nitrogens is 4. The van der Waals surface area contributed by atoms with E-state index in [2.05, 4.69) is 19.9 Å². The molecule has 0 bridgehead atoms. The second-order valence-electron chi connectivity index (χ2n) is 5.59. The normalized spacial score (nSPS) is 19.3. The van der Waals surface area contributed by atoms with Crippen molar-refractivity contribution in [3.05, 3.63) is 29.5 Å². The van der Waals surface area contributed by atoms with Crippen molar-refractivity contribution in [2.75, 3.05) is 19.7 Å². The Hall–Kier alpha value is -1.79. The molecule has 1 aliphatic rings. The van der Waals surface area contributed by atoms with Gasteiger partial charge in [0.1, 0.15) is 11.5 Å². The van der Waals surface area contributed by atoms with Crippen LogP contribution in [0.5, 0.6) is 0 Å². The third-order valence-corrected chi connectivity index (χ3v) is 3.87. The molecule has 0 radical (unpaired) electrons. The van der Waals surface area contributed by atoms with Crippen LogP contribution in [0, 0.1) is 13.8 Å². The summed E-state index contributed by atoms with van der Waals surface area (Å²) >= 11 is 0. The second-order valence-corrected chi connectivity index (χ2v) is 5.59. The van der Waals surface area contributed by atoms with Crippen molar-refractivity contribution in [2.45, 2.75) is 32.7 Å². The molecule has 0 aliphatic carbocycles. The van der Waals surface area contributed by atoms with E-state index in [-0.39, 0.29) is 12.6 Å². The highest BCUT2D eigenvalue weighted by Crippen LogP contribution is 2.30. The first-order valence-electron chi connectivity index (χ1n) is 7.40. The Bertz CT molecular complexity index is 624. The summed E-state index contributed by atoms with van der Waals surface area (Å²) in [5.74, 6) is 1.62. The molecule has 21 heavy (non-hydrogen) atoms. The van der Waals surface area contributed by atoms with Gasteiger partial charge in [-0.3, -0.25) is 4.90 Å². The van der Waals surface area contributed by atoms with E-state index in [1.807, 2.05) is 19.9 Å². The number of rotatable bonds is 4. The third-order valence-electron chi connectivity index (χ3n) is 3.87. The van der Waals surface area contributed by atoms with Crippen LogP contribution in [-0.4, -0.2) is 49.6 Å². The first kappa shape index (κ1) is 14.2. The fourth-order valence-corrected chi connectivity index (χ4v) is 2.92. The van der Waals surface area contributed by atoms with E-state index in [0.717, 1.165) is 48.1 Å². The zero-order valence-electron chi connectivity index (χ0n) is 12.5. The van der Waals surface area contributed by atoms with E-state index >= 15 is 0 Å². The van der Waals surface area contributed by atoms with Crippen LogP contribution in [0.1, 0.15) is 36.1 Å².